The summed E-state index contributed by atoms with van der Waals surface area (Å²) in [4.78, 5) is 90.8. The number of aliphatic carboxylic acids is 2. The summed E-state index contributed by atoms with van der Waals surface area (Å²) in [5, 5.41) is 31.5. The Morgan fingerprint density at radius 1 is 0.711 bits per heavy atom. The number of rotatable bonds is 17. The van der Waals surface area contributed by atoms with Gasteiger partial charge in [-0.25, -0.2) is 9.59 Å². The van der Waals surface area contributed by atoms with Crippen LogP contribution in [0.4, 0.5) is 4.79 Å². The molecule has 1 aliphatic rings. The van der Waals surface area contributed by atoms with Crippen molar-refractivity contribution in [2.75, 3.05) is 13.1 Å². The molecule has 4 atom stereocenters. The molecule has 1 heterocycles. The molecule has 256 valence electrons. The van der Waals surface area contributed by atoms with E-state index in [0.29, 0.717) is 25.9 Å². The van der Waals surface area contributed by atoms with Crippen molar-refractivity contribution in [2.24, 2.45) is 11.3 Å². The zero-order valence-corrected chi connectivity index (χ0v) is 27.5. The van der Waals surface area contributed by atoms with E-state index in [-0.39, 0.29) is 18.4 Å². The van der Waals surface area contributed by atoms with Crippen molar-refractivity contribution >= 4 is 41.6 Å². The van der Waals surface area contributed by atoms with Crippen LogP contribution in [-0.2, 0) is 28.8 Å². The molecule has 0 aliphatic carbocycles. The minimum absolute atomic E-state index is 0.0594. The number of carboxylic acid groups (broad SMARTS) is 2. The number of hydrogen-bond donors (Lipinski definition) is 7. The van der Waals surface area contributed by atoms with E-state index in [1.807, 2.05) is 13.8 Å². The maximum absolute atomic E-state index is 13.6. The molecule has 1 aliphatic heterocycles. The quantitative estimate of drug-likeness (QED) is 0.120. The van der Waals surface area contributed by atoms with Gasteiger partial charge < -0.3 is 41.7 Å². The van der Waals surface area contributed by atoms with Gasteiger partial charge in [-0.15, -0.1) is 0 Å². The first-order chi connectivity index (χ1) is 20.9. The Balaban J connectivity index is 3.29. The number of likely N-dealkylation sites (tertiary alicyclic amines) is 1. The summed E-state index contributed by atoms with van der Waals surface area (Å²) in [7, 11) is 0. The highest BCUT2D eigenvalue weighted by atomic mass is 16.4. The van der Waals surface area contributed by atoms with Crippen LogP contribution in [0.1, 0.15) is 93.4 Å². The van der Waals surface area contributed by atoms with Crippen LogP contribution in [0.3, 0.4) is 0 Å². The second-order valence-corrected chi connectivity index (χ2v) is 13.0. The van der Waals surface area contributed by atoms with Crippen LogP contribution in [0.5, 0.6) is 0 Å². The molecule has 0 bridgehead atoms. The van der Waals surface area contributed by atoms with E-state index in [2.05, 4.69) is 26.6 Å². The average Bonchev–Trinajstić information content (AvgIpc) is 3.47. The van der Waals surface area contributed by atoms with Crippen molar-refractivity contribution in [3.05, 3.63) is 0 Å². The Kier molecular flexibility index (Phi) is 15.8. The lowest BCUT2D eigenvalue weighted by Crippen LogP contribution is -2.61. The summed E-state index contributed by atoms with van der Waals surface area (Å²) in [5.41, 5.74) is -0.830. The Morgan fingerprint density at radius 3 is 1.64 bits per heavy atom. The fraction of sp³-hybridized carbons (Fsp3) is 0.767. The molecule has 0 radical (unpaired) electrons. The molecule has 45 heavy (non-hydrogen) atoms. The predicted octanol–water partition coefficient (Wildman–Crippen LogP) is 0.961. The second-order valence-electron chi connectivity index (χ2n) is 13.0. The monoisotopic (exact) mass is 640 g/mol. The van der Waals surface area contributed by atoms with Gasteiger partial charge in [-0.1, -0.05) is 48.5 Å². The lowest BCUT2D eigenvalue weighted by atomic mass is 9.86. The summed E-state index contributed by atoms with van der Waals surface area (Å²) < 4.78 is 0. The Hall–Kier alpha value is -3.91. The third-order valence-electron chi connectivity index (χ3n) is 7.53. The van der Waals surface area contributed by atoms with Crippen LogP contribution in [-0.4, -0.2) is 100 Å². The van der Waals surface area contributed by atoms with Crippen molar-refractivity contribution in [2.45, 2.75) is 124 Å². The molecule has 15 nitrogen and oxygen atoms in total. The van der Waals surface area contributed by atoms with E-state index in [9.17, 15) is 43.8 Å². The molecule has 0 spiro atoms. The molecule has 1 rings (SSSR count). The van der Waals surface area contributed by atoms with Crippen molar-refractivity contribution in [3.63, 3.8) is 0 Å². The smallest absolute Gasteiger partial charge is 0.326 e. The third-order valence-corrected chi connectivity index (χ3v) is 7.53. The van der Waals surface area contributed by atoms with E-state index in [1.54, 1.807) is 39.5 Å². The first-order valence-corrected chi connectivity index (χ1v) is 15.6. The number of nitrogens with zero attached hydrogens (tertiary/aromatic N) is 1. The Morgan fingerprint density at radius 2 is 1.20 bits per heavy atom. The van der Waals surface area contributed by atoms with E-state index in [4.69, 9.17) is 0 Å². The van der Waals surface area contributed by atoms with Gasteiger partial charge in [-0.05, 0) is 43.4 Å². The number of urea groups is 1. The molecular weight excluding hydrogens is 588 g/mol. The Labute approximate surface area is 265 Å². The zero-order chi connectivity index (χ0) is 34.5. The highest BCUT2D eigenvalue weighted by Crippen LogP contribution is 2.20. The minimum atomic E-state index is -1.70. The summed E-state index contributed by atoms with van der Waals surface area (Å²) >= 11 is 0. The summed E-state index contributed by atoms with van der Waals surface area (Å²) in [6, 6.07) is -6.41. The van der Waals surface area contributed by atoms with Crippen molar-refractivity contribution < 1.29 is 43.8 Å². The topological polar surface area (TPSA) is 223 Å². The average molecular weight is 641 g/mol. The van der Waals surface area contributed by atoms with Crippen molar-refractivity contribution in [1.82, 2.24) is 31.5 Å². The van der Waals surface area contributed by atoms with E-state index >= 15 is 0 Å². The van der Waals surface area contributed by atoms with Crippen LogP contribution < -0.4 is 26.6 Å². The molecule has 15 heteroatoms. The van der Waals surface area contributed by atoms with Gasteiger partial charge in [0.25, 0.3) is 0 Å². The first-order valence-electron chi connectivity index (χ1n) is 15.6. The first kappa shape index (κ1) is 39.1. The Bertz CT molecular complexity index is 1060. The van der Waals surface area contributed by atoms with E-state index < -0.39 is 84.0 Å². The predicted molar refractivity (Wildman–Crippen MR) is 165 cm³/mol. The zero-order valence-electron chi connectivity index (χ0n) is 27.5. The molecule has 0 unspecified atom stereocenters. The van der Waals surface area contributed by atoms with Gasteiger partial charge in [0.2, 0.25) is 23.6 Å². The number of nitrogens with one attached hydrogen (secondary N) is 5. The van der Waals surface area contributed by atoms with Crippen molar-refractivity contribution in [3.8, 4) is 0 Å². The van der Waals surface area contributed by atoms with Crippen LogP contribution in [0.15, 0.2) is 0 Å². The van der Waals surface area contributed by atoms with Crippen LogP contribution >= 0.6 is 0 Å². The van der Waals surface area contributed by atoms with Crippen LogP contribution in [0, 0.1) is 11.3 Å². The summed E-state index contributed by atoms with van der Waals surface area (Å²) in [6.07, 6.45) is 1.59. The molecule has 0 aromatic heterocycles. The summed E-state index contributed by atoms with van der Waals surface area (Å²) in [5.74, 6) is -6.13. The SMILES string of the molecule is CCC(CC)NC(=O)N[C@H](C(=O)N[C@@H](CC(=O)N1CCCC1)C(=O)N[C@@H](CC(=O)O)C(=O)N[C@@H](CC(C)C)C(=O)O)C(C)(C)C. The second kappa shape index (κ2) is 18.2. The van der Waals surface area contributed by atoms with Gasteiger partial charge in [0.05, 0.1) is 12.8 Å². The van der Waals surface area contributed by atoms with Gasteiger partial charge in [-0.2, -0.15) is 0 Å². The molecule has 0 aromatic carbocycles. The van der Waals surface area contributed by atoms with Crippen LogP contribution in [0.2, 0.25) is 0 Å². The number of amides is 6. The van der Waals surface area contributed by atoms with Gasteiger partial charge >= 0.3 is 18.0 Å². The number of carbonyl (C=O) groups is 7. The van der Waals surface area contributed by atoms with Gasteiger partial charge in [0.15, 0.2) is 0 Å². The molecule has 0 saturated carbocycles. The lowest BCUT2D eigenvalue weighted by Gasteiger charge is -2.32. The van der Waals surface area contributed by atoms with E-state index in [0.717, 1.165) is 12.8 Å². The lowest BCUT2D eigenvalue weighted by molar-refractivity contribution is -0.144. The maximum Gasteiger partial charge on any atom is 0.326 e. The highest BCUT2D eigenvalue weighted by Gasteiger charge is 2.38. The largest absolute Gasteiger partial charge is 0.481 e. The third kappa shape index (κ3) is 13.7. The summed E-state index contributed by atoms with van der Waals surface area (Å²) in [6.45, 7) is 13.4. The fourth-order valence-electron chi connectivity index (χ4n) is 4.88. The number of carboxylic acids is 2. The van der Waals surface area contributed by atoms with Gasteiger partial charge in [0.1, 0.15) is 24.2 Å². The molecule has 0 aromatic rings. The molecule has 7 N–H and O–H groups in total. The van der Waals surface area contributed by atoms with Crippen LogP contribution in [0.25, 0.3) is 0 Å². The van der Waals surface area contributed by atoms with Gasteiger partial charge in [0, 0.05) is 19.1 Å². The standard InChI is InChI=1S/C30H52N6O9/c1-8-18(9-2)31-29(45)35-24(30(5,6)7)27(42)33-19(15-22(37)36-12-10-11-13-36)25(40)32-20(16-23(38)39)26(41)34-21(28(43)44)14-17(3)4/h17-21,24H,8-16H2,1-7H3,(H,32,40)(H,33,42)(H,34,41)(H,38,39)(H,43,44)(H2,31,35,45)/t19-,20-,21-,24+/m0/s1. The number of carbonyl (C=O) groups excluding carboxylic acids is 5. The van der Waals surface area contributed by atoms with E-state index in [1.165, 1.54) is 0 Å². The van der Waals surface area contributed by atoms with Gasteiger partial charge in [-0.3, -0.25) is 24.0 Å². The van der Waals surface area contributed by atoms with Crippen molar-refractivity contribution in [1.29, 1.82) is 0 Å². The minimum Gasteiger partial charge on any atom is -0.481 e. The molecular formula is C30H52N6O9. The normalized spacial score (nSPS) is 15.9. The fourth-order valence-corrected chi connectivity index (χ4v) is 4.88. The molecule has 6 amide bonds. The number of hydrogen-bond acceptors (Lipinski definition) is 7. The molecule has 1 saturated heterocycles. The maximum atomic E-state index is 13.6. The highest BCUT2D eigenvalue weighted by molar-refractivity contribution is 5.98. The molecule has 1 fully saturated rings.